The Balaban J connectivity index is 3.19. The highest BCUT2D eigenvalue weighted by Crippen LogP contribution is 2.09. The predicted octanol–water partition coefficient (Wildman–Crippen LogP) is 6.36. The van der Waals surface area contributed by atoms with Gasteiger partial charge in [-0.05, 0) is 39.0 Å². The van der Waals surface area contributed by atoms with Gasteiger partial charge in [-0.1, -0.05) is 69.8 Å². The average molecular weight is 309 g/mol. The number of carbonyl (C=O) groups excluding carboxylic acids is 1. The molecular weight excluding hydrogens is 272 g/mol. The molecule has 0 atom stereocenters. The van der Waals surface area contributed by atoms with Gasteiger partial charge in [0.15, 0.2) is 0 Å². The molecule has 0 fully saturated rings. The van der Waals surface area contributed by atoms with E-state index in [0.717, 1.165) is 19.3 Å². The summed E-state index contributed by atoms with van der Waals surface area (Å²) in [6.07, 6.45) is 23.1. The number of ether oxygens (including phenoxy) is 1. The van der Waals surface area contributed by atoms with Crippen molar-refractivity contribution in [1.29, 1.82) is 0 Å². The summed E-state index contributed by atoms with van der Waals surface area (Å²) in [5, 5.41) is 0. The first kappa shape index (κ1) is 20.9. The maximum atomic E-state index is 11.1. The average Bonchev–Trinajstić information content (AvgIpc) is 2.51. The molecule has 2 nitrogen and oxygen atoms in total. The van der Waals surface area contributed by atoms with E-state index < -0.39 is 0 Å². The molecule has 0 aliphatic heterocycles. The summed E-state index contributed by atoms with van der Waals surface area (Å²) < 4.78 is 4.91. The third-order valence-corrected chi connectivity index (χ3v) is 3.64. The van der Waals surface area contributed by atoms with E-state index in [1.807, 2.05) is 6.92 Å². The quantitative estimate of drug-likeness (QED) is 0.200. The molecule has 0 spiro atoms. The fourth-order valence-corrected chi connectivity index (χ4v) is 2.30. The lowest BCUT2D eigenvalue weighted by molar-refractivity contribution is -0.143. The Morgan fingerprint density at radius 3 is 2.00 bits per heavy atom. The van der Waals surface area contributed by atoms with Crippen molar-refractivity contribution in [3.63, 3.8) is 0 Å². The topological polar surface area (TPSA) is 26.3 Å². The van der Waals surface area contributed by atoms with Crippen LogP contribution in [0.2, 0.25) is 0 Å². The van der Waals surface area contributed by atoms with Crippen molar-refractivity contribution >= 4 is 5.97 Å². The van der Waals surface area contributed by atoms with Crippen molar-refractivity contribution in [2.75, 3.05) is 6.61 Å². The van der Waals surface area contributed by atoms with Gasteiger partial charge in [0.25, 0.3) is 0 Å². The SMILES string of the molecule is CCCC/C=C/C/C=C/CCCCCCCCC(=O)OCC. The van der Waals surface area contributed by atoms with Crippen molar-refractivity contribution in [1.82, 2.24) is 0 Å². The van der Waals surface area contributed by atoms with Crippen molar-refractivity contribution in [2.24, 2.45) is 0 Å². The van der Waals surface area contributed by atoms with Crippen LogP contribution in [0.4, 0.5) is 0 Å². The molecule has 0 rings (SSSR count). The van der Waals surface area contributed by atoms with Gasteiger partial charge in [0.2, 0.25) is 0 Å². The van der Waals surface area contributed by atoms with Gasteiger partial charge in [0, 0.05) is 6.42 Å². The van der Waals surface area contributed by atoms with Crippen LogP contribution in [-0.4, -0.2) is 12.6 Å². The van der Waals surface area contributed by atoms with E-state index >= 15 is 0 Å². The first-order valence-electron chi connectivity index (χ1n) is 9.26. The number of hydrogen-bond acceptors (Lipinski definition) is 2. The van der Waals surface area contributed by atoms with Gasteiger partial charge >= 0.3 is 5.97 Å². The minimum absolute atomic E-state index is 0.0450. The Bertz CT molecular complexity index is 292. The molecule has 0 radical (unpaired) electrons. The van der Waals surface area contributed by atoms with Crippen LogP contribution in [0.5, 0.6) is 0 Å². The van der Waals surface area contributed by atoms with E-state index in [9.17, 15) is 4.79 Å². The minimum Gasteiger partial charge on any atom is -0.466 e. The van der Waals surface area contributed by atoms with E-state index in [-0.39, 0.29) is 5.97 Å². The Morgan fingerprint density at radius 1 is 0.773 bits per heavy atom. The number of hydrogen-bond donors (Lipinski definition) is 0. The molecular formula is C20H36O2. The van der Waals surface area contributed by atoms with E-state index in [1.54, 1.807) is 0 Å². The summed E-state index contributed by atoms with van der Waals surface area (Å²) >= 11 is 0. The Morgan fingerprint density at radius 2 is 1.36 bits per heavy atom. The number of carbonyl (C=O) groups is 1. The molecule has 0 amide bonds. The Labute approximate surface area is 138 Å². The summed E-state index contributed by atoms with van der Waals surface area (Å²) in [5.74, 6) is -0.0450. The summed E-state index contributed by atoms with van der Waals surface area (Å²) in [5.41, 5.74) is 0. The lowest BCUT2D eigenvalue weighted by atomic mass is 10.1. The van der Waals surface area contributed by atoms with Crippen molar-refractivity contribution in [3.8, 4) is 0 Å². The second-order valence-electron chi connectivity index (χ2n) is 5.79. The second-order valence-corrected chi connectivity index (χ2v) is 5.79. The van der Waals surface area contributed by atoms with Gasteiger partial charge in [-0.15, -0.1) is 0 Å². The normalized spacial score (nSPS) is 11.5. The Kier molecular flexibility index (Phi) is 17.1. The molecule has 0 aliphatic carbocycles. The molecule has 2 heteroatoms. The van der Waals surface area contributed by atoms with E-state index in [1.165, 1.54) is 51.4 Å². The van der Waals surface area contributed by atoms with Gasteiger partial charge in [-0.3, -0.25) is 4.79 Å². The summed E-state index contributed by atoms with van der Waals surface area (Å²) in [6.45, 7) is 4.59. The number of esters is 1. The molecule has 0 aromatic carbocycles. The summed E-state index contributed by atoms with van der Waals surface area (Å²) in [7, 11) is 0. The highest BCUT2D eigenvalue weighted by Gasteiger charge is 2.00. The Hall–Kier alpha value is -1.05. The standard InChI is InChI=1S/C20H36O2/c1-3-5-6-7-8-9-10-11-12-13-14-15-16-17-18-19-20(21)22-4-2/h7-8,10-11H,3-6,9,12-19H2,1-2H3/b8-7+,11-10+. The first-order chi connectivity index (χ1) is 10.8. The van der Waals surface area contributed by atoms with Gasteiger partial charge < -0.3 is 4.74 Å². The van der Waals surface area contributed by atoms with Crippen LogP contribution in [0.25, 0.3) is 0 Å². The molecule has 0 aromatic heterocycles. The molecule has 0 aromatic rings. The summed E-state index contributed by atoms with van der Waals surface area (Å²) in [6, 6.07) is 0. The molecule has 0 heterocycles. The van der Waals surface area contributed by atoms with E-state index in [4.69, 9.17) is 4.74 Å². The van der Waals surface area contributed by atoms with Crippen molar-refractivity contribution in [3.05, 3.63) is 24.3 Å². The lowest BCUT2D eigenvalue weighted by Gasteiger charge is -2.02. The fourth-order valence-electron chi connectivity index (χ4n) is 2.30. The first-order valence-corrected chi connectivity index (χ1v) is 9.26. The van der Waals surface area contributed by atoms with Gasteiger partial charge in [0.05, 0.1) is 6.61 Å². The molecule has 0 unspecified atom stereocenters. The summed E-state index contributed by atoms with van der Waals surface area (Å²) in [4.78, 5) is 11.1. The van der Waals surface area contributed by atoms with Crippen LogP contribution in [0.3, 0.4) is 0 Å². The van der Waals surface area contributed by atoms with Crippen LogP contribution in [0.1, 0.15) is 90.9 Å². The molecule has 0 saturated heterocycles. The van der Waals surface area contributed by atoms with Crippen LogP contribution in [0, 0.1) is 0 Å². The second kappa shape index (κ2) is 18.0. The van der Waals surface area contributed by atoms with Gasteiger partial charge in [-0.25, -0.2) is 0 Å². The number of rotatable bonds is 15. The molecule has 0 aliphatic rings. The minimum atomic E-state index is -0.0450. The van der Waals surface area contributed by atoms with E-state index in [0.29, 0.717) is 13.0 Å². The molecule has 128 valence electrons. The van der Waals surface area contributed by atoms with Crippen LogP contribution >= 0.6 is 0 Å². The van der Waals surface area contributed by atoms with Crippen LogP contribution < -0.4 is 0 Å². The number of unbranched alkanes of at least 4 members (excludes halogenated alkanes) is 8. The van der Waals surface area contributed by atoms with Crippen LogP contribution in [0.15, 0.2) is 24.3 Å². The maximum Gasteiger partial charge on any atom is 0.305 e. The maximum absolute atomic E-state index is 11.1. The van der Waals surface area contributed by atoms with Crippen molar-refractivity contribution < 1.29 is 9.53 Å². The molecule has 0 bridgehead atoms. The highest BCUT2D eigenvalue weighted by atomic mass is 16.5. The van der Waals surface area contributed by atoms with Gasteiger partial charge in [0.1, 0.15) is 0 Å². The van der Waals surface area contributed by atoms with Crippen LogP contribution in [-0.2, 0) is 9.53 Å². The van der Waals surface area contributed by atoms with E-state index in [2.05, 4.69) is 31.2 Å². The molecule has 0 N–H and O–H groups in total. The third kappa shape index (κ3) is 17.0. The fraction of sp³-hybridized carbons (Fsp3) is 0.750. The number of allylic oxidation sites excluding steroid dienone is 4. The van der Waals surface area contributed by atoms with Gasteiger partial charge in [-0.2, -0.15) is 0 Å². The highest BCUT2D eigenvalue weighted by molar-refractivity contribution is 5.69. The monoisotopic (exact) mass is 308 g/mol. The molecule has 22 heavy (non-hydrogen) atoms. The van der Waals surface area contributed by atoms with Crippen molar-refractivity contribution in [2.45, 2.75) is 90.9 Å². The largest absolute Gasteiger partial charge is 0.466 e. The zero-order chi connectivity index (χ0) is 16.3. The third-order valence-electron chi connectivity index (χ3n) is 3.64. The zero-order valence-electron chi connectivity index (χ0n) is 14.8. The smallest absolute Gasteiger partial charge is 0.305 e. The predicted molar refractivity (Wildman–Crippen MR) is 96.0 cm³/mol. The molecule has 0 saturated carbocycles. The lowest BCUT2D eigenvalue weighted by Crippen LogP contribution is -2.03. The zero-order valence-corrected chi connectivity index (χ0v) is 14.8.